The fourth-order valence-corrected chi connectivity index (χ4v) is 0.755. The molecular weight excluding hydrogens is 186 g/mol. The number of ether oxygens (including phenoxy) is 1. The average molecular weight is 201 g/mol. The Labute approximate surface area is 82.7 Å². The zero-order valence-electron chi connectivity index (χ0n) is 8.32. The molecule has 0 aromatic rings. The predicted octanol–water partition coefficient (Wildman–Crippen LogP) is 0.168. The normalized spacial score (nSPS) is 12.7. The SMILES string of the molecule is CCOC(=O)[C@H](C)NCC=CC(=O)O. The quantitative estimate of drug-likeness (QED) is 0.473. The summed E-state index contributed by atoms with van der Waals surface area (Å²) < 4.78 is 4.74. The van der Waals surface area contributed by atoms with Crippen molar-refractivity contribution in [3.63, 3.8) is 0 Å². The zero-order valence-corrected chi connectivity index (χ0v) is 8.32. The third kappa shape index (κ3) is 6.19. The van der Waals surface area contributed by atoms with Crippen molar-refractivity contribution in [2.45, 2.75) is 19.9 Å². The lowest BCUT2D eigenvalue weighted by Gasteiger charge is -2.10. The minimum atomic E-state index is -1.00. The maximum Gasteiger partial charge on any atom is 0.328 e. The van der Waals surface area contributed by atoms with Crippen LogP contribution in [0, 0.1) is 0 Å². The first kappa shape index (κ1) is 12.6. The van der Waals surface area contributed by atoms with Crippen molar-refractivity contribution in [1.82, 2.24) is 5.32 Å². The topological polar surface area (TPSA) is 75.6 Å². The number of esters is 1. The van der Waals surface area contributed by atoms with Crippen LogP contribution < -0.4 is 5.32 Å². The molecule has 0 unspecified atom stereocenters. The van der Waals surface area contributed by atoms with Gasteiger partial charge in [-0.3, -0.25) is 4.79 Å². The number of hydrogen-bond acceptors (Lipinski definition) is 4. The number of carboxylic acids is 1. The van der Waals surface area contributed by atoms with Crippen LogP contribution in [0.3, 0.4) is 0 Å². The van der Waals surface area contributed by atoms with Crippen molar-refractivity contribution in [3.05, 3.63) is 12.2 Å². The van der Waals surface area contributed by atoms with Crippen molar-refractivity contribution >= 4 is 11.9 Å². The van der Waals surface area contributed by atoms with E-state index in [2.05, 4.69) is 5.32 Å². The van der Waals surface area contributed by atoms with E-state index in [1.54, 1.807) is 13.8 Å². The highest BCUT2D eigenvalue weighted by atomic mass is 16.5. The minimum absolute atomic E-state index is 0.326. The summed E-state index contributed by atoms with van der Waals surface area (Å²) in [5.74, 6) is -1.34. The number of carbonyl (C=O) groups excluding carboxylic acids is 1. The summed E-state index contributed by atoms with van der Waals surface area (Å²) in [5, 5.41) is 11.1. The van der Waals surface area contributed by atoms with Gasteiger partial charge in [-0.2, -0.15) is 0 Å². The summed E-state index contributed by atoms with van der Waals surface area (Å²) >= 11 is 0. The monoisotopic (exact) mass is 201 g/mol. The molecule has 0 saturated carbocycles. The number of hydrogen-bond donors (Lipinski definition) is 2. The largest absolute Gasteiger partial charge is 0.478 e. The second-order valence-electron chi connectivity index (χ2n) is 2.62. The van der Waals surface area contributed by atoms with Gasteiger partial charge in [0, 0.05) is 12.6 Å². The first-order chi connectivity index (χ1) is 6.57. The van der Waals surface area contributed by atoms with Gasteiger partial charge in [0.1, 0.15) is 6.04 Å². The summed E-state index contributed by atoms with van der Waals surface area (Å²) in [7, 11) is 0. The van der Waals surface area contributed by atoms with Crippen LogP contribution in [0.1, 0.15) is 13.8 Å². The van der Waals surface area contributed by atoms with Crippen molar-refractivity contribution < 1.29 is 19.4 Å². The molecule has 0 aliphatic rings. The van der Waals surface area contributed by atoms with E-state index in [1.807, 2.05) is 0 Å². The molecule has 0 rings (SSSR count). The summed E-state index contributed by atoms with van der Waals surface area (Å²) in [5.41, 5.74) is 0. The van der Waals surface area contributed by atoms with Gasteiger partial charge >= 0.3 is 11.9 Å². The first-order valence-corrected chi connectivity index (χ1v) is 4.37. The molecule has 5 heteroatoms. The Balaban J connectivity index is 3.68. The van der Waals surface area contributed by atoms with Gasteiger partial charge in [0.25, 0.3) is 0 Å². The van der Waals surface area contributed by atoms with E-state index in [4.69, 9.17) is 9.84 Å². The molecule has 0 aromatic heterocycles. The van der Waals surface area contributed by atoms with Gasteiger partial charge in [0.05, 0.1) is 6.61 Å². The first-order valence-electron chi connectivity index (χ1n) is 4.37. The molecule has 0 heterocycles. The Morgan fingerprint density at radius 1 is 1.57 bits per heavy atom. The molecule has 0 amide bonds. The molecule has 0 radical (unpaired) electrons. The second-order valence-corrected chi connectivity index (χ2v) is 2.62. The summed E-state index contributed by atoms with van der Waals surface area (Å²) in [6.45, 7) is 4.06. The molecule has 0 aliphatic heterocycles. The number of carbonyl (C=O) groups is 2. The third-order valence-corrected chi connectivity index (χ3v) is 1.44. The fraction of sp³-hybridized carbons (Fsp3) is 0.556. The van der Waals surface area contributed by atoms with Gasteiger partial charge in [0.15, 0.2) is 0 Å². The Hall–Kier alpha value is -1.36. The number of nitrogens with one attached hydrogen (secondary N) is 1. The maximum absolute atomic E-state index is 11.0. The average Bonchev–Trinajstić information content (AvgIpc) is 2.12. The van der Waals surface area contributed by atoms with Gasteiger partial charge in [-0.25, -0.2) is 4.79 Å². The van der Waals surface area contributed by atoms with Crippen LogP contribution in [0.5, 0.6) is 0 Å². The van der Waals surface area contributed by atoms with E-state index in [9.17, 15) is 9.59 Å². The Bertz CT molecular complexity index is 225. The van der Waals surface area contributed by atoms with Crippen molar-refractivity contribution in [2.75, 3.05) is 13.2 Å². The van der Waals surface area contributed by atoms with Crippen LogP contribution in [0.15, 0.2) is 12.2 Å². The second kappa shape index (κ2) is 7.08. The van der Waals surface area contributed by atoms with Crippen molar-refractivity contribution in [1.29, 1.82) is 0 Å². The summed E-state index contributed by atoms with van der Waals surface area (Å²) in [4.78, 5) is 21.1. The van der Waals surface area contributed by atoms with Crippen molar-refractivity contribution in [3.8, 4) is 0 Å². The minimum Gasteiger partial charge on any atom is -0.478 e. The lowest BCUT2D eigenvalue weighted by molar-refractivity contribution is -0.145. The molecular formula is C9H15NO4. The molecule has 0 aromatic carbocycles. The van der Waals surface area contributed by atoms with Crippen LogP contribution in [-0.4, -0.2) is 36.2 Å². The smallest absolute Gasteiger partial charge is 0.328 e. The van der Waals surface area contributed by atoms with Crippen LogP contribution >= 0.6 is 0 Å². The molecule has 2 N–H and O–H groups in total. The zero-order chi connectivity index (χ0) is 11.0. The lowest BCUT2D eigenvalue weighted by Crippen LogP contribution is -2.35. The Kier molecular flexibility index (Phi) is 6.39. The molecule has 0 fully saturated rings. The summed E-state index contributed by atoms with van der Waals surface area (Å²) in [6, 6.07) is -0.423. The standard InChI is InChI=1S/C9H15NO4/c1-3-14-9(13)7(2)10-6-4-5-8(11)12/h4-5,7,10H,3,6H2,1-2H3,(H,11,12)/t7-/m0/s1. The highest BCUT2D eigenvalue weighted by Crippen LogP contribution is 1.87. The molecule has 0 saturated heterocycles. The van der Waals surface area contributed by atoms with Gasteiger partial charge < -0.3 is 15.2 Å². The molecule has 80 valence electrons. The lowest BCUT2D eigenvalue weighted by atomic mass is 10.3. The van der Waals surface area contributed by atoms with E-state index in [0.717, 1.165) is 6.08 Å². The van der Waals surface area contributed by atoms with E-state index < -0.39 is 12.0 Å². The number of carboxylic acid groups (broad SMARTS) is 1. The summed E-state index contributed by atoms with van der Waals surface area (Å²) in [6.07, 6.45) is 2.45. The van der Waals surface area contributed by atoms with Crippen LogP contribution in [0.4, 0.5) is 0 Å². The highest BCUT2D eigenvalue weighted by molar-refractivity contribution is 5.79. The molecule has 0 aliphatic carbocycles. The van der Waals surface area contributed by atoms with Crippen LogP contribution in [-0.2, 0) is 14.3 Å². The third-order valence-electron chi connectivity index (χ3n) is 1.44. The van der Waals surface area contributed by atoms with Gasteiger partial charge in [-0.1, -0.05) is 6.08 Å². The Morgan fingerprint density at radius 3 is 2.71 bits per heavy atom. The van der Waals surface area contributed by atoms with Gasteiger partial charge in [-0.05, 0) is 13.8 Å². The fourth-order valence-electron chi connectivity index (χ4n) is 0.755. The molecule has 5 nitrogen and oxygen atoms in total. The Morgan fingerprint density at radius 2 is 2.21 bits per heavy atom. The van der Waals surface area contributed by atoms with Gasteiger partial charge in [0.2, 0.25) is 0 Å². The predicted molar refractivity (Wildman–Crippen MR) is 50.9 cm³/mol. The van der Waals surface area contributed by atoms with Crippen LogP contribution in [0.2, 0.25) is 0 Å². The van der Waals surface area contributed by atoms with Crippen LogP contribution in [0.25, 0.3) is 0 Å². The van der Waals surface area contributed by atoms with E-state index in [0.29, 0.717) is 13.2 Å². The van der Waals surface area contributed by atoms with Gasteiger partial charge in [-0.15, -0.1) is 0 Å². The molecule has 1 atom stereocenters. The number of rotatable bonds is 6. The molecule has 14 heavy (non-hydrogen) atoms. The van der Waals surface area contributed by atoms with E-state index in [1.165, 1.54) is 6.08 Å². The highest BCUT2D eigenvalue weighted by Gasteiger charge is 2.11. The number of aliphatic carboxylic acids is 1. The van der Waals surface area contributed by atoms with Crippen molar-refractivity contribution in [2.24, 2.45) is 0 Å². The maximum atomic E-state index is 11.0. The molecule has 0 spiro atoms. The van der Waals surface area contributed by atoms with E-state index >= 15 is 0 Å². The van der Waals surface area contributed by atoms with E-state index in [-0.39, 0.29) is 5.97 Å². The molecule has 0 bridgehead atoms.